The van der Waals surface area contributed by atoms with Gasteiger partial charge in [-0.1, -0.05) is 23.6 Å². The third-order valence-electron chi connectivity index (χ3n) is 1.38. The molecule has 0 bridgehead atoms. The van der Waals surface area contributed by atoms with Crippen LogP contribution in [0.1, 0.15) is 6.92 Å². The summed E-state index contributed by atoms with van der Waals surface area (Å²) >= 11 is 5.78. The quantitative estimate of drug-likeness (QED) is 0.689. The summed E-state index contributed by atoms with van der Waals surface area (Å²) in [6.45, 7) is 2.48. The molecule has 0 aliphatic heterocycles. The SMILES string of the molecule is CC#CCNc1cccc(Cl)c1. The molecule has 1 aromatic carbocycles. The average Bonchev–Trinajstić information content (AvgIpc) is 2.05. The highest BCUT2D eigenvalue weighted by Gasteiger charge is 1.89. The van der Waals surface area contributed by atoms with E-state index in [1.165, 1.54) is 0 Å². The van der Waals surface area contributed by atoms with E-state index in [1.54, 1.807) is 0 Å². The van der Waals surface area contributed by atoms with Gasteiger partial charge >= 0.3 is 0 Å². The highest BCUT2D eigenvalue weighted by Crippen LogP contribution is 2.14. The van der Waals surface area contributed by atoms with Crippen LogP contribution in [0, 0.1) is 11.8 Å². The van der Waals surface area contributed by atoms with Gasteiger partial charge in [0, 0.05) is 10.7 Å². The Balaban J connectivity index is 2.55. The average molecular weight is 180 g/mol. The second kappa shape index (κ2) is 4.69. The topological polar surface area (TPSA) is 12.0 Å². The fourth-order valence-corrected chi connectivity index (χ4v) is 1.02. The Bertz CT molecular complexity index is 309. The standard InChI is InChI=1S/C10H10ClN/c1-2-3-7-12-10-6-4-5-9(11)8-10/h4-6,8,12H,7H2,1H3. The molecule has 0 saturated heterocycles. The molecule has 0 unspecified atom stereocenters. The molecule has 0 spiro atoms. The molecule has 1 aromatic rings. The Labute approximate surface area is 77.7 Å². The zero-order chi connectivity index (χ0) is 8.81. The first-order chi connectivity index (χ1) is 5.83. The van der Waals surface area contributed by atoms with Crippen molar-refractivity contribution in [2.45, 2.75) is 6.92 Å². The second-order valence-corrected chi connectivity index (χ2v) is 2.73. The zero-order valence-corrected chi connectivity index (χ0v) is 7.65. The van der Waals surface area contributed by atoms with Crippen LogP contribution in [0.4, 0.5) is 5.69 Å². The number of hydrogen-bond donors (Lipinski definition) is 1. The van der Waals surface area contributed by atoms with Gasteiger partial charge in [-0.2, -0.15) is 0 Å². The zero-order valence-electron chi connectivity index (χ0n) is 6.89. The maximum Gasteiger partial charge on any atom is 0.0765 e. The van der Waals surface area contributed by atoms with Gasteiger partial charge in [0.1, 0.15) is 0 Å². The summed E-state index contributed by atoms with van der Waals surface area (Å²) in [4.78, 5) is 0. The maximum absolute atomic E-state index is 5.78. The number of halogens is 1. The molecule has 0 radical (unpaired) electrons. The van der Waals surface area contributed by atoms with Crippen molar-refractivity contribution in [2.24, 2.45) is 0 Å². The summed E-state index contributed by atoms with van der Waals surface area (Å²) in [7, 11) is 0. The minimum atomic E-state index is 0.664. The molecule has 2 heteroatoms. The van der Waals surface area contributed by atoms with Crippen molar-refractivity contribution in [3.05, 3.63) is 29.3 Å². The molecule has 0 fully saturated rings. The normalized spacial score (nSPS) is 8.50. The Morgan fingerprint density at radius 3 is 3.00 bits per heavy atom. The number of rotatable bonds is 2. The molecule has 12 heavy (non-hydrogen) atoms. The molecule has 0 aliphatic rings. The largest absolute Gasteiger partial charge is 0.374 e. The van der Waals surface area contributed by atoms with E-state index >= 15 is 0 Å². The van der Waals surface area contributed by atoms with Gasteiger partial charge in [-0.25, -0.2) is 0 Å². The predicted octanol–water partition coefficient (Wildman–Crippen LogP) is 2.78. The van der Waals surface area contributed by atoms with E-state index in [4.69, 9.17) is 11.6 Å². The van der Waals surface area contributed by atoms with Crippen LogP contribution in [0.2, 0.25) is 5.02 Å². The Morgan fingerprint density at radius 1 is 1.50 bits per heavy atom. The summed E-state index contributed by atoms with van der Waals surface area (Å²) < 4.78 is 0. The molecular weight excluding hydrogens is 170 g/mol. The molecule has 0 saturated carbocycles. The van der Waals surface area contributed by atoms with E-state index in [2.05, 4.69) is 17.2 Å². The molecule has 0 atom stereocenters. The van der Waals surface area contributed by atoms with Crippen LogP contribution in [-0.2, 0) is 0 Å². The van der Waals surface area contributed by atoms with E-state index in [0.29, 0.717) is 6.54 Å². The monoisotopic (exact) mass is 179 g/mol. The van der Waals surface area contributed by atoms with Gasteiger partial charge in [-0.05, 0) is 25.1 Å². The van der Waals surface area contributed by atoms with Crippen LogP contribution in [0.25, 0.3) is 0 Å². The summed E-state index contributed by atoms with van der Waals surface area (Å²) in [6, 6.07) is 7.59. The van der Waals surface area contributed by atoms with Gasteiger partial charge in [-0.3, -0.25) is 0 Å². The van der Waals surface area contributed by atoms with Crippen molar-refractivity contribution in [3.63, 3.8) is 0 Å². The smallest absolute Gasteiger partial charge is 0.0765 e. The van der Waals surface area contributed by atoms with E-state index in [0.717, 1.165) is 10.7 Å². The lowest BCUT2D eigenvalue weighted by molar-refractivity contribution is 1.38. The minimum Gasteiger partial charge on any atom is -0.374 e. The van der Waals surface area contributed by atoms with Crippen molar-refractivity contribution in [2.75, 3.05) is 11.9 Å². The van der Waals surface area contributed by atoms with Crippen LogP contribution in [0.15, 0.2) is 24.3 Å². The lowest BCUT2D eigenvalue weighted by Gasteiger charge is -2.01. The second-order valence-electron chi connectivity index (χ2n) is 2.29. The molecule has 0 amide bonds. The lowest BCUT2D eigenvalue weighted by Crippen LogP contribution is -1.97. The molecular formula is C10H10ClN. The van der Waals surface area contributed by atoms with Gasteiger partial charge in [0.2, 0.25) is 0 Å². The first-order valence-electron chi connectivity index (χ1n) is 3.72. The number of nitrogens with one attached hydrogen (secondary N) is 1. The molecule has 1 N–H and O–H groups in total. The van der Waals surface area contributed by atoms with Crippen molar-refractivity contribution >= 4 is 17.3 Å². The first kappa shape index (κ1) is 8.96. The van der Waals surface area contributed by atoms with Crippen LogP contribution >= 0.6 is 11.6 Å². The molecule has 1 rings (SSSR count). The number of anilines is 1. The lowest BCUT2D eigenvalue weighted by atomic mass is 10.3. The van der Waals surface area contributed by atoms with E-state index in [1.807, 2.05) is 31.2 Å². The number of benzene rings is 1. The molecule has 62 valence electrons. The van der Waals surface area contributed by atoms with Crippen LogP contribution < -0.4 is 5.32 Å². The fourth-order valence-electron chi connectivity index (χ4n) is 0.833. The van der Waals surface area contributed by atoms with Crippen molar-refractivity contribution in [1.29, 1.82) is 0 Å². The van der Waals surface area contributed by atoms with Gasteiger partial charge in [-0.15, -0.1) is 5.92 Å². The first-order valence-corrected chi connectivity index (χ1v) is 4.10. The Morgan fingerprint density at radius 2 is 2.33 bits per heavy atom. The minimum absolute atomic E-state index is 0.664. The van der Waals surface area contributed by atoms with Gasteiger partial charge < -0.3 is 5.32 Å². The molecule has 0 heterocycles. The summed E-state index contributed by atoms with van der Waals surface area (Å²) in [6.07, 6.45) is 0. The highest BCUT2D eigenvalue weighted by molar-refractivity contribution is 6.30. The van der Waals surface area contributed by atoms with Crippen LogP contribution in [0.5, 0.6) is 0 Å². The summed E-state index contributed by atoms with van der Waals surface area (Å²) in [5.74, 6) is 5.72. The maximum atomic E-state index is 5.78. The predicted molar refractivity (Wildman–Crippen MR) is 53.4 cm³/mol. The fraction of sp³-hybridized carbons (Fsp3) is 0.200. The summed E-state index contributed by atoms with van der Waals surface area (Å²) in [5, 5.41) is 3.87. The molecule has 1 nitrogen and oxygen atoms in total. The van der Waals surface area contributed by atoms with Gasteiger partial charge in [0.05, 0.1) is 6.54 Å². The Hall–Kier alpha value is -1.13. The number of hydrogen-bond acceptors (Lipinski definition) is 1. The molecule has 0 aromatic heterocycles. The third kappa shape index (κ3) is 2.86. The van der Waals surface area contributed by atoms with Gasteiger partial charge in [0.25, 0.3) is 0 Å². The van der Waals surface area contributed by atoms with E-state index in [-0.39, 0.29) is 0 Å². The van der Waals surface area contributed by atoms with Crippen molar-refractivity contribution < 1.29 is 0 Å². The third-order valence-corrected chi connectivity index (χ3v) is 1.62. The van der Waals surface area contributed by atoms with E-state index in [9.17, 15) is 0 Å². The highest BCUT2D eigenvalue weighted by atomic mass is 35.5. The van der Waals surface area contributed by atoms with Crippen molar-refractivity contribution in [1.82, 2.24) is 0 Å². The van der Waals surface area contributed by atoms with Gasteiger partial charge in [0.15, 0.2) is 0 Å². The Kier molecular flexibility index (Phi) is 3.50. The van der Waals surface area contributed by atoms with Crippen LogP contribution in [-0.4, -0.2) is 6.54 Å². The summed E-state index contributed by atoms with van der Waals surface area (Å²) in [5.41, 5.74) is 1.00. The van der Waals surface area contributed by atoms with E-state index < -0.39 is 0 Å². The van der Waals surface area contributed by atoms with Crippen molar-refractivity contribution in [3.8, 4) is 11.8 Å². The van der Waals surface area contributed by atoms with Crippen LogP contribution in [0.3, 0.4) is 0 Å². The molecule has 0 aliphatic carbocycles.